The van der Waals surface area contributed by atoms with E-state index in [1.54, 1.807) is 10.9 Å². The molecule has 0 saturated heterocycles. The summed E-state index contributed by atoms with van der Waals surface area (Å²) in [4.78, 5) is 15.2. The first-order valence-electron chi connectivity index (χ1n) is 4.25. The lowest BCUT2D eigenvalue weighted by Crippen LogP contribution is -2.05. The van der Waals surface area contributed by atoms with Gasteiger partial charge in [-0.25, -0.2) is 4.98 Å². The van der Waals surface area contributed by atoms with Gasteiger partial charge in [0.1, 0.15) is 15.6 Å². The number of fused-ring (bicyclic) bond motifs is 1. The van der Waals surface area contributed by atoms with E-state index >= 15 is 0 Å². The van der Waals surface area contributed by atoms with Gasteiger partial charge in [-0.05, 0) is 44.8 Å². The maximum absolute atomic E-state index is 10.9. The molecule has 2 heterocycles. The van der Waals surface area contributed by atoms with Crippen LogP contribution in [0.15, 0.2) is 21.3 Å². The Morgan fingerprint density at radius 2 is 2.20 bits per heavy atom. The van der Waals surface area contributed by atoms with E-state index in [1.807, 2.05) is 6.07 Å². The predicted octanol–water partition coefficient (Wildman–Crippen LogP) is 2.55. The van der Waals surface area contributed by atoms with E-state index in [1.165, 1.54) is 6.92 Å². The molecule has 0 N–H and O–H groups in total. The van der Waals surface area contributed by atoms with Crippen molar-refractivity contribution >= 4 is 48.7 Å². The number of hydrogen-bond acceptors (Lipinski definition) is 3. The second-order valence-electron chi connectivity index (χ2n) is 3.19. The van der Waals surface area contributed by atoms with Crippen LogP contribution in [0, 0.1) is 0 Å². The lowest BCUT2D eigenvalue weighted by Gasteiger charge is -1.93. The number of carbonyl (C=O) groups is 1. The highest BCUT2D eigenvalue weighted by atomic mass is 79.9. The van der Waals surface area contributed by atoms with E-state index < -0.39 is 0 Å². The van der Waals surface area contributed by atoms with Gasteiger partial charge < -0.3 is 0 Å². The van der Waals surface area contributed by atoms with Gasteiger partial charge >= 0.3 is 0 Å². The van der Waals surface area contributed by atoms with Crippen molar-refractivity contribution in [3.05, 3.63) is 21.3 Å². The van der Waals surface area contributed by atoms with Crippen LogP contribution in [-0.2, 0) is 11.3 Å². The standard InChI is InChI=1S/C9H7Br2N3O/c1-5(15)3-14-4-8-7(13-14)2-6(10)9(11)12-8/h2,4H,3H2,1H3. The number of Topliss-reactive ketones (excluding diaryl/α,β-unsaturated/α-hetero) is 1. The van der Waals surface area contributed by atoms with Crippen LogP contribution in [0.1, 0.15) is 6.92 Å². The minimum Gasteiger partial charge on any atom is -0.298 e. The number of rotatable bonds is 2. The van der Waals surface area contributed by atoms with Crippen LogP contribution < -0.4 is 0 Å². The van der Waals surface area contributed by atoms with Gasteiger partial charge in [-0.1, -0.05) is 0 Å². The van der Waals surface area contributed by atoms with Crippen molar-refractivity contribution in [3.8, 4) is 0 Å². The summed E-state index contributed by atoms with van der Waals surface area (Å²) in [6, 6.07) is 1.86. The summed E-state index contributed by atoms with van der Waals surface area (Å²) in [6.07, 6.45) is 1.76. The molecule has 0 unspecified atom stereocenters. The Hall–Kier alpha value is -0.750. The largest absolute Gasteiger partial charge is 0.298 e. The Morgan fingerprint density at radius 3 is 2.87 bits per heavy atom. The fraction of sp³-hybridized carbons (Fsp3) is 0.222. The molecular formula is C9H7Br2N3O. The zero-order valence-corrected chi connectivity index (χ0v) is 11.0. The van der Waals surface area contributed by atoms with Gasteiger partial charge in [0.2, 0.25) is 0 Å². The number of carbonyl (C=O) groups excluding carboxylic acids is 1. The molecule has 0 bridgehead atoms. The first-order valence-corrected chi connectivity index (χ1v) is 5.83. The Kier molecular flexibility index (Phi) is 2.88. The lowest BCUT2D eigenvalue weighted by atomic mass is 10.4. The molecule has 0 aliphatic rings. The number of pyridine rings is 1. The molecule has 0 spiro atoms. The normalized spacial score (nSPS) is 10.9. The molecule has 2 aromatic heterocycles. The Balaban J connectivity index is 2.51. The van der Waals surface area contributed by atoms with Crippen molar-refractivity contribution in [2.45, 2.75) is 13.5 Å². The topological polar surface area (TPSA) is 47.8 Å². The fourth-order valence-electron chi connectivity index (χ4n) is 1.26. The molecule has 0 aliphatic heterocycles. The second-order valence-corrected chi connectivity index (χ2v) is 4.80. The van der Waals surface area contributed by atoms with E-state index in [-0.39, 0.29) is 12.3 Å². The zero-order chi connectivity index (χ0) is 11.0. The van der Waals surface area contributed by atoms with Crippen LogP contribution in [0.3, 0.4) is 0 Å². The molecule has 2 rings (SSSR count). The third-order valence-corrected chi connectivity index (χ3v) is 3.57. The molecule has 6 heteroatoms. The van der Waals surface area contributed by atoms with Crippen LogP contribution in [0.25, 0.3) is 11.0 Å². The van der Waals surface area contributed by atoms with Gasteiger partial charge in [0.25, 0.3) is 0 Å². The van der Waals surface area contributed by atoms with Gasteiger partial charge in [0.15, 0.2) is 5.78 Å². The summed E-state index contributed by atoms with van der Waals surface area (Å²) in [7, 11) is 0. The minimum absolute atomic E-state index is 0.0703. The highest BCUT2D eigenvalue weighted by Crippen LogP contribution is 2.24. The highest BCUT2D eigenvalue weighted by Gasteiger charge is 2.07. The van der Waals surface area contributed by atoms with E-state index in [2.05, 4.69) is 41.9 Å². The zero-order valence-electron chi connectivity index (χ0n) is 7.87. The van der Waals surface area contributed by atoms with E-state index in [4.69, 9.17) is 0 Å². The van der Waals surface area contributed by atoms with Gasteiger partial charge in [-0.3, -0.25) is 9.48 Å². The smallest absolute Gasteiger partial charge is 0.151 e. The molecule has 0 amide bonds. The van der Waals surface area contributed by atoms with Gasteiger partial charge in [-0.15, -0.1) is 0 Å². The van der Waals surface area contributed by atoms with Crippen molar-refractivity contribution in [3.63, 3.8) is 0 Å². The molecule has 15 heavy (non-hydrogen) atoms. The summed E-state index contributed by atoms with van der Waals surface area (Å²) in [5.41, 5.74) is 1.54. The van der Waals surface area contributed by atoms with Crippen LogP contribution >= 0.6 is 31.9 Å². The summed E-state index contributed by atoms with van der Waals surface area (Å²) >= 11 is 6.67. The highest BCUT2D eigenvalue weighted by molar-refractivity contribution is 9.13. The van der Waals surface area contributed by atoms with Crippen LogP contribution in [0.5, 0.6) is 0 Å². The number of aromatic nitrogens is 3. The number of halogens is 2. The third kappa shape index (κ3) is 2.26. The van der Waals surface area contributed by atoms with Crippen LogP contribution in [0.4, 0.5) is 0 Å². The van der Waals surface area contributed by atoms with Crippen molar-refractivity contribution < 1.29 is 4.79 Å². The van der Waals surface area contributed by atoms with Gasteiger partial charge in [0, 0.05) is 0 Å². The quantitative estimate of drug-likeness (QED) is 0.794. The maximum atomic E-state index is 10.9. The molecule has 4 nitrogen and oxygen atoms in total. The average Bonchev–Trinajstić information content (AvgIpc) is 2.46. The Morgan fingerprint density at radius 1 is 1.47 bits per heavy atom. The van der Waals surface area contributed by atoms with Crippen molar-refractivity contribution in [2.75, 3.05) is 0 Å². The van der Waals surface area contributed by atoms with Crippen molar-refractivity contribution in [1.82, 2.24) is 14.8 Å². The van der Waals surface area contributed by atoms with Crippen LogP contribution in [-0.4, -0.2) is 20.5 Å². The Bertz CT molecular complexity index is 496. The third-order valence-electron chi connectivity index (χ3n) is 1.83. The van der Waals surface area contributed by atoms with Gasteiger partial charge in [-0.2, -0.15) is 5.10 Å². The maximum Gasteiger partial charge on any atom is 0.151 e. The van der Waals surface area contributed by atoms with E-state index in [9.17, 15) is 4.79 Å². The van der Waals surface area contributed by atoms with Crippen LogP contribution in [0.2, 0.25) is 0 Å². The molecule has 2 aromatic rings. The van der Waals surface area contributed by atoms with E-state index in [0.717, 1.165) is 20.1 Å². The number of nitrogens with zero attached hydrogens (tertiary/aromatic N) is 3. The van der Waals surface area contributed by atoms with E-state index in [0.29, 0.717) is 0 Å². The summed E-state index contributed by atoms with van der Waals surface area (Å²) in [5.74, 6) is 0.0703. The monoisotopic (exact) mass is 331 g/mol. The summed E-state index contributed by atoms with van der Waals surface area (Å²) in [5, 5.41) is 4.24. The molecular weight excluding hydrogens is 326 g/mol. The molecule has 0 fully saturated rings. The molecule has 0 radical (unpaired) electrons. The first kappa shape index (κ1) is 10.8. The SMILES string of the molecule is CC(=O)Cn1cc2nc(Br)c(Br)cc2n1. The van der Waals surface area contributed by atoms with Crippen molar-refractivity contribution in [1.29, 1.82) is 0 Å². The molecule has 0 atom stereocenters. The average molecular weight is 333 g/mol. The number of hydrogen-bond donors (Lipinski definition) is 0. The Labute approximate surface area is 103 Å². The summed E-state index contributed by atoms with van der Waals surface area (Å²) < 4.78 is 3.18. The first-order chi connectivity index (χ1) is 7.06. The van der Waals surface area contributed by atoms with Crippen molar-refractivity contribution in [2.24, 2.45) is 0 Å². The van der Waals surface area contributed by atoms with Gasteiger partial charge in [0.05, 0.1) is 17.2 Å². The number of ketones is 1. The predicted molar refractivity (Wildman–Crippen MR) is 63.6 cm³/mol. The minimum atomic E-state index is 0.0703. The molecule has 0 aliphatic carbocycles. The fourth-order valence-corrected chi connectivity index (χ4v) is 1.87. The summed E-state index contributed by atoms with van der Waals surface area (Å²) in [6.45, 7) is 1.82. The molecule has 78 valence electrons. The lowest BCUT2D eigenvalue weighted by molar-refractivity contribution is -0.117. The molecule has 0 aromatic carbocycles. The second kappa shape index (κ2) is 4.02. The molecule has 0 saturated carbocycles.